The Bertz CT molecular complexity index is 310. The Balaban J connectivity index is 1.85. The van der Waals surface area contributed by atoms with Gasteiger partial charge in [0.25, 0.3) is 5.89 Å². The number of morpholine rings is 1. The van der Waals surface area contributed by atoms with Gasteiger partial charge in [0, 0.05) is 19.7 Å². The van der Waals surface area contributed by atoms with E-state index in [2.05, 4.69) is 22.4 Å². The second kappa shape index (κ2) is 5.93. The molecule has 1 fully saturated rings. The van der Waals surface area contributed by atoms with Gasteiger partial charge in [-0.2, -0.15) is 4.98 Å². The molecule has 0 amide bonds. The minimum Gasteiger partial charge on any atom is -0.373 e. The highest BCUT2D eigenvalue weighted by molar-refractivity contribution is 4.91. The van der Waals surface area contributed by atoms with Crippen LogP contribution in [0, 0.1) is 0 Å². The fourth-order valence-electron chi connectivity index (χ4n) is 1.49. The monoisotopic (exact) mass is 227 g/mol. The Morgan fingerprint density at radius 3 is 3.25 bits per heavy atom. The molecule has 1 unspecified atom stereocenters. The van der Waals surface area contributed by atoms with E-state index in [0.717, 1.165) is 19.5 Å². The van der Waals surface area contributed by atoms with Gasteiger partial charge in [0.05, 0.1) is 6.61 Å². The van der Waals surface area contributed by atoms with E-state index in [9.17, 15) is 0 Å². The Hall–Kier alpha value is -0.980. The van der Waals surface area contributed by atoms with Crippen molar-refractivity contribution in [2.24, 2.45) is 0 Å². The van der Waals surface area contributed by atoms with Crippen LogP contribution in [0.2, 0.25) is 0 Å². The van der Waals surface area contributed by atoms with E-state index in [0.29, 0.717) is 31.5 Å². The van der Waals surface area contributed by atoms with E-state index >= 15 is 0 Å². The van der Waals surface area contributed by atoms with Crippen molar-refractivity contribution in [1.29, 1.82) is 0 Å². The van der Waals surface area contributed by atoms with Crippen molar-refractivity contribution in [2.45, 2.75) is 26.1 Å². The van der Waals surface area contributed by atoms with Gasteiger partial charge in [-0.25, -0.2) is 0 Å². The van der Waals surface area contributed by atoms with E-state index in [1.54, 1.807) is 0 Å². The van der Waals surface area contributed by atoms with E-state index in [-0.39, 0.29) is 6.10 Å². The second-order valence-electron chi connectivity index (χ2n) is 3.66. The summed E-state index contributed by atoms with van der Waals surface area (Å²) in [5.74, 6) is 1.11. The number of rotatable bonds is 5. The molecule has 6 nitrogen and oxygen atoms in total. The van der Waals surface area contributed by atoms with Crippen LogP contribution in [0.4, 0.5) is 0 Å². The molecule has 0 radical (unpaired) electrons. The molecule has 1 saturated heterocycles. The van der Waals surface area contributed by atoms with Crippen molar-refractivity contribution in [2.75, 3.05) is 26.3 Å². The van der Waals surface area contributed by atoms with Gasteiger partial charge in [-0.1, -0.05) is 12.1 Å². The van der Waals surface area contributed by atoms with Crippen LogP contribution in [0.5, 0.6) is 0 Å². The van der Waals surface area contributed by atoms with Crippen molar-refractivity contribution >= 4 is 0 Å². The highest BCUT2D eigenvalue weighted by Crippen LogP contribution is 2.16. The summed E-state index contributed by atoms with van der Waals surface area (Å²) >= 11 is 0. The molecule has 0 saturated carbocycles. The van der Waals surface area contributed by atoms with Gasteiger partial charge in [-0.15, -0.1) is 0 Å². The second-order valence-corrected chi connectivity index (χ2v) is 3.66. The normalized spacial score (nSPS) is 21.2. The number of aromatic nitrogens is 2. The summed E-state index contributed by atoms with van der Waals surface area (Å²) in [5.41, 5.74) is 0. The predicted octanol–water partition coefficient (Wildman–Crippen LogP) is 0.657. The number of nitrogens with zero attached hydrogens (tertiary/aromatic N) is 2. The summed E-state index contributed by atoms with van der Waals surface area (Å²) in [6.45, 7) is 5.44. The number of ether oxygens (including phenoxy) is 2. The molecule has 6 heteroatoms. The average molecular weight is 227 g/mol. The molecule has 1 aromatic rings. The highest BCUT2D eigenvalue weighted by atomic mass is 16.5. The van der Waals surface area contributed by atoms with Gasteiger partial charge >= 0.3 is 0 Å². The first-order valence-corrected chi connectivity index (χ1v) is 5.62. The maximum Gasteiger partial charge on any atom is 0.257 e. The number of hydrogen-bond acceptors (Lipinski definition) is 6. The highest BCUT2D eigenvalue weighted by Gasteiger charge is 2.21. The van der Waals surface area contributed by atoms with Crippen LogP contribution in [-0.4, -0.2) is 36.4 Å². The molecule has 0 aromatic carbocycles. The summed E-state index contributed by atoms with van der Waals surface area (Å²) < 4.78 is 16.0. The standard InChI is InChI=1S/C10H17N3O3/c1-2-4-14-7-9-12-10(16-13-9)8-6-11-3-5-15-8/h8,11H,2-7H2,1H3. The average Bonchev–Trinajstić information content (AvgIpc) is 2.79. The minimum atomic E-state index is -0.124. The molecule has 1 aromatic heterocycles. The first kappa shape index (κ1) is 11.5. The van der Waals surface area contributed by atoms with Crippen LogP contribution < -0.4 is 5.32 Å². The lowest BCUT2D eigenvalue weighted by atomic mass is 10.3. The van der Waals surface area contributed by atoms with Crippen molar-refractivity contribution in [3.63, 3.8) is 0 Å². The summed E-state index contributed by atoms with van der Waals surface area (Å²) in [5, 5.41) is 7.06. The third kappa shape index (κ3) is 3.01. The van der Waals surface area contributed by atoms with Crippen LogP contribution in [-0.2, 0) is 16.1 Å². The molecule has 0 aliphatic carbocycles. The van der Waals surface area contributed by atoms with Gasteiger partial charge in [0.1, 0.15) is 12.7 Å². The third-order valence-electron chi connectivity index (χ3n) is 2.27. The molecule has 16 heavy (non-hydrogen) atoms. The Labute approximate surface area is 94.3 Å². The molecule has 2 heterocycles. The maximum atomic E-state index is 5.50. The molecule has 1 aliphatic heterocycles. The lowest BCUT2D eigenvalue weighted by molar-refractivity contribution is 0.00755. The van der Waals surface area contributed by atoms with Crippen molar-refractivity contribution < 1.29 is 14.0 Å². The van der Waals surface area contributed by atoms with Crippen molar-refractivity contribution in [1.82, 2.24) is 15.5 Å². The van der Waals surface area contributed by atoms with Crippen LogP contribution in [0.3, 0.4) is 0 Å². The van der Waals surface area contributed by atoms with Crippen LogP contribution >= 0.6 is 0 Å². The zero-order valence-electron chi connectivity index (χ0n) is 9.44. The largest absolute Gasteiger partial charge is 0.373 e. The molecule has 90 valence electrons. The molecule has 0 spiro atoms. The van der Waals surface area contributed by atoms with E-state index in [1.165, 1.54) is 0 Å². The summed E-state index contributed by atoms with van der Waals surface area (Å²) in [6, 6.07) is 0. The van der Waals surface area contributed by atoms with E-state index in [1.807, 2.05) is 0 Å². The van der Waals surface area contributed by atoms with E-state index < -0.39 is 0 Å². The van der Waals surface area contributed by atoms with Gasteiger partial charge in [-0.05, 0) is 6.42 Å². The number of hydrogen-bond donors (Lipinski definition) is 1. The zero-order valence-corrected chi connectivity index (χ0v) is 9.44. The summed E-state index contributed by atoms with van der Waals surface area (Å²) in [6.07, 6.45) is 0.863. The zero-order chi connectivity index (χ0) is 11.2. The third-order valence-corrected chi connectivity index (χ3v) is 2.27. The summed E-state index contributed by atoms with van der Waals surface area (Å²) in [7, 11) is 0. The fraction of sp³-hybridized carbons (Fsp3) is 0.800. The van der Waals surface area contributed by atoms with Gasteiger partial charge in [-0.3, -0.25) is 0 Å². The Kier molecular flexibility index (Phi) is 4.26. The molecule has 1 aliphatic rings. The first-order chi connectivity index (χ1) is 7.90. The summed E-state index contributed by atoms with van der Waals surface area (Å²) in [4.78, 5) is 4.24. The molecular formula is C10H17N3O3. The lowest BCUT2D eigenvalue weighted by Crippen LogP contribution is -2.33. The SMILES string of the molecule is CCCOCc1noc(C2CNCCO2)n1. The molecule has 1 N–H and O–H groups in total. The fourth-order valence-corrected chi connectivity index (χ4v) is 1.49. The molecular weight excluding hydrogens is 210 g/mol. The van der Waals surface area contributed by atoms with Gasteiger partial charge in [0.15, 0.2) is 5.82 Å². The Morgan fingerprint density at radius 2 is 2.50 bits per heavy atom. The van der Waals surface area contributed by atoms with Crippen LogP contribution in [0.25, 0.3) is 0 Å². The van der Waals surface area contributed by atoms with Crippen LogP contribution in [0.15, 0.2) is 4.52 Å². The van der Waals surface area contributed by atoms with Crippen molar-refractivity contribution in [3.05, 3.63) is 11.7 Å². The smallest absolute Gasteiger partial charge is 0.257 e. The molecule has 0 bridgehead atoms. The van der Waals surface area contributed by atoms with Crippen molar-refractivity contribution in [3.8, 4) is 0 Å². The molecule has 1 atom stereocenters. The van der Waals surface area contributed by atoms with Crippen LogP contribution in [0.1, 0.15) is 31.2 Å². The first-order valence-electron chi connectivity index (χ1n) is 5.62. The predicted molar refractivity (Wildman–Crippen MR) is 55.8 cm³/mol. The maximum absolute atomic E-state index is 5.50. The van der Waals surface area contributed by atoms with E-state index in [4.69, 9.17) is 14.0 Å². The quantitative estimate of drug-likeness (QED) is 0.745. The molecule has 2 rings (SSSR count). The number of nitrogens with one attached hydrogen (secondary N) is 1. The lowest BCUT2D eigenvalue weighted by Gasteiger charge is -2.19. The van der Waals surface area contributed by atoms with Gasteiger partial charge < -0.3 is 19.3 Å². The van der Waals surface area contributed by atoms with Gasteiger partial charge in [0.2, 0.25) is 0 Å². The Morgan fingerprint density at radius 1 is 1.56 bits per heavy atom. The minimum absolute atomic E-state index is 0.124. The topological polar surface area (TPSA) is 69.4 Å².